The van der Waals surface area contributed by atoms with Crippen LogP contribution in [0.1, 0.15) is 15.9 Å². The lowest BCUT2D eigenvalue weighted by Crippen LogP contribution is -2.48. The molecule has 1 heterocycles. The third-order valence-corrected chi connectivity index (χ3v) is 3.44. The van der Waals surface area contributed by atoms with Crippen molar-refractivity contribution < 1.29 is 9.53 Å². The van der Waals surface area contributed by atoms with Gasteiger partial charge in [-0.2, -0.15) is 0 Å². The predicted molar refractivity (Wildman–Crippen MR) is 73.6 cm³/mol. The summed E-state index contributed by atoms with van der Waals surface area (Å²) in [5, 5.41) is 0. The third-order valence-electron chi connectivity index (χ3n) is 2.98. The van der Waals surface area contributed by atoms with Gasteiger partial charge in [-0.1, -0.05) is 15.9 Å². The number of nitrogens with zero attached hydrogens (tertiary/aromatic N) is 1. The number of carbonyl (C=O) groups excluding carboxylic acids is 1. The van der Waals surface area contributed by atoms with E-state index in [2.05, 4.69) is 15.9 Å². The summed E-state index contributed by atoms with van der Waals surface area (Å²) in [6.07, 6.45) is -0.0454. The molecule has 0 saturated carbocycles. The normalized spacial score (nSPS) is 19.9. The Balaban J connectivity index is 2.15. The summed E-state index contributed by atoms with van der Waals surface area (Å²) >= 11 is 3.42. The molecule has 1 atom stereocenters. The molecule has 0 aliphatic carbocycles. The highest BCUT2D eigenvalue weighted by Crippen LogP contribution is 2.18. The SMILES string of the molecule is Cc1cc(Br)cc(C(=O)N2CCOC(CN)C2)c1. The second-order valence-corrected chi connectivity index (χ2v) is 5.41. The molecule has 1 aliphatic heterocycles. The van der Waals surface area contributed by atoms with Crippen molar-refractivity contribution >= 4 is 21.8 Å². The quantitative estimate of drug-likeness (QED) is 0.901. The zero-order chi connectivity index (χ0) is 13.1. The number of carbonyl (C=O) groups is 1. The Bertz CT molecular complexity index is 430. The van der Waals surface area contributed by atoms with Crippen LogP contribution in [-0.2, 0) is 4.74 Å². The van der Waals surface area contributed by atoms with Crippen LogP contribution in [-0.4, -0.2) is 43.2 Å². The van der Waals surface area contributed by atoms with E-state index in [0.717, 1.165) is 10.0 Å². The van der Waals surface area contributed by atoms with Gasteiger partial charge in [0, 0.05) is 29.7 Å². The number of aryl methyl sites for hydroxylation is 1. The molecule has 5 heteroatoms. The van der Waals surface area contributed by atoms with Gasteiger partial charge in [-0.25, -0.2) is 0 Å². The van der Waals surface area contributed by atoms with E-state index in [1.165, 1.54) is 0 Å². The van der Waals surface area contributed by atoms with Crippen LogP contribution in [0.25, 0.3) is 0 Å². The number of hydrogen-bond donors (Lipinski definition) is 1. The molecule has 0 aromatic heterocycles. The van der Waals surface area contributed by atoms with Gasteiger partial charge in [0.1, 0.15) is 0 Å². The number of amides is 1. The zero-order valence-electron chi connectivity index (χ0n) is 10.4. The van der Waals surface area contributed by atoms with Gasteiger partial charge in [-0.3, -0.25) is 4.79 Å². The molecule has 1 fully saturated rings. The lowest BCUT2D eigenvalue weighted by Gasteiger charge is -2.32. The Morgan fingerprint density at radius 2 is 2.33 bits per heavy atom. The first kappa shape index (κ1) is 13.5. The lowest BCUT2D eigenvalue weighted by molar-refractivity contribution is -0.0167. The van der Waals surface area contributed by atoms with E-state index in [9.17, 15) is 4.79 Å². The summed E-state index contributed by atoms with van der Waals surface area (Å²) in [7, 11) is 0. The number of morpholine rings is 1. The summed E-state index contributed by atoms with van der Waals surface area (Å²) < 4.78 is 6.39. The van der Waals surface area contributed by atoms with E-state index >= 15 is 0 Å². The fourth-order valence-electron chi connectivity index (χ4n) is 2.09. The predicted octanol–water partition coefficient (Wildman–Crippen LogP) is 1.56. The zero-order valence-corrected chi connectivity index (χ0v) is 11.9. The molecule has 0 radical (unpaired) electrons. The fourth-order valence-corrected chi connectivity index (χ4v) is 2.70. The Kier molecular flexibility index (Phi) is 4.37. The van der Waals surface area contributed by atoms with Crippen LogP contribution in [0, 0.1) is 6.92 Å². The van der Waals surface area contributed by atoms with E-state index in [1.54, 1.807) is 0 Å². The van der Waals surface area contributed by atoms with Crippen molar-refractivity contribution in [2.24, 2.45) is 5.73 Å². The maximum Gasteiger partial charge on any atom is 0.254 e. The molecule has 1 aliphatic rings. The molecule has 18 heavy (non-hydrogen) atoms. The second kappa shape index (κ2) is 5.82. The average Bonchev–Trinajstić information content (AvgIpc) is 2.37. The molecule has 1 aromatic carbocycles. The molecule has 1 unspecified atom stereocenters. The molecule has 4 nitrogen and oxygen atoms in total. The fraction of sp³-hybridized carbons (Fsp3) is 0.462. The van der Waals surface area contributed by atoms with Crippen molar-refractivity contribution in [1.29, 1.82) is 0 Å². The van der Waals surface area contributed by atoms with Crippen molar-refractivity contribution in [1.82, 2.24) is 4.90 Å². The molecule has 1 amide bonds. The van der Waals surface area contributed by atoms with Crippen molar-refractivity contribution in [2.45, 2.75) is 13.0 Å². The molecule has 2 N–H and O–H groups in total. The number of hydrogen-bond acceptors (Lipinski definition) is 3. The minimum absolute atomic E-state index is 0.0427. The number of rotatable bonds is 2. The highest BCUT2D eigenvalue weighted by Gasteiger charge is 2.24. The van der Waals surface area contributed by atoms with Gasteiger partial charge in [0.05, 0.1) is 12.7 Å². The Morgan fingerprint density at radius 1 is 1.56 bits per heavy atom. The van der Waals surface area contributed by atoms with E-state index in [-0.39, 0.29) is 12.0 Å². The van der Waals surface area contributed by atoms with Gasteiger partial charge in [-0.15, -0.1) is 0 Å². The average molecular weight is 313 g/mol. The van der Waals surface area contributed by atoms with Crippen LogP contribution in [0.3, 0.4) is 0 Å². The summed E-state index contributed by atoms with van der Waals surface area (Å²) in [5.74, 6) is 0.0427. The highest BCUT2D eigenvalue weighted by atomic mass is 79.9. The topological polar surface area (TPSA) is 55.6 Å². The van der Waals surface area contributed by atoms with Crippen LogP contribution in [0.5, 0.6) is 0 Å². The monoisotopic (exact) mass is 312 g/mol. The first-order valence-corrected chi connectivity index (χ1v) is 6.77. The first-order valence-electron chi connectivity index (χ1n) is 5.98. The molecule has 98 valence electrons. The van der Waals surface area contributed by atoms with Crippen LogP contribution in [0.15, 0.2) is 22.7 Å². The number of benzene rings is 1. The van der Waals surface area contributed by atoms with Crippen molar-refractivity contribution in [3.05, 3.63) is 33.8 Å². The Morgan fingerprint density at radius 3 is 3.00 bits per heavy atom. The summed E-state index contributed by atoms with van der Waals surface area (Å²) in [5.41, 5.74) is 7.36. The number of halogens is 1. The van der Waals surface area contributed by atoms with Gasteiger partial charge >= 0.3 is 0 Å². The van der Waals surface area contributed by atoms with E-state index in [0.29, 0.717) is 31.8 Å². The molecule has 0 bridgehead atoms. The minimum atomic E-state index is -0.0454. The van der Waals surface area contributed by atoms with Crippen molar-refractivity contribution in [3.8, 4) is 0 Å². The van der Waals surface area contributed by atoms with E-state index in [1.807, 2.05) is 30.0 Å². The van der Waals surface area contributed by atoms with Gasteiger partial charge in [0.15, 0.2) is 0 Å². The smallest absolute Gasteiger partial charge is 0.254 e. The Hall–Kier alpha value is -0.910. The summed E-state index contributed by atoms with van der Waals surface area (Å²) in [6, 6.07) is 5.74. The van der Waals surface area contributed by atoms with Gasteiger partial charge in [-0.05, 0) is 30.7 Å². The van der Waals surface area contributed by atoms with Crippen LogP contribution < -0.4 is 5.73 Å². The molecule has 1 saturated heterocycles. The van der Waals surface area contributed by atoms with Crippen molar-refractivity contribution in [3.63, 3.8) is 0 Å². The molecule has 1 aromatic rings. The number of nitrogens with two attached hydrogens (primary N) is 1. The van der Waals surface area contributed by atoms with Crippen LogP contribution in [0.2, 0.25) is 0 Å². The highest BCUT2D eigenvalue weighted by molar-refractivity contribution is 9.10. The minimum Gasteiger partial charge on any atom is -0.373 e. The summed E-state index contributed by atoms with van der Waals surface area (Å²) in [4.78, 5) is 14.2. The van der Waals surface area contributed by atoms with E-state index < -0.39 is 0 Å². The lowest BCUT2D eigenvalue weighted by atomic mass is 10.1. The maximum atomic E-state index is 12.4. The molecular weight excluding hydrogens is 296 g/mol. The van der Waals surface area contributed by atoms with Crippen LogP contribution in [0.4, 0.5) is 0 Å². The first-order chi connectivity index (χ1) is 8.60. The molecule has 0 spiro atoms. The Labute approximate surface area is 115 Å². The van der Waals surface area contributed by atoms with Gasteiger partial charge in [0.25, 0.3) is 5.91 Å². The second-order valence-electron chi connectivity index (χ2n) is 4.50. The number of ether oxygens (including phenoxy) is 1. The van der Waals surface area contributed by atoms with Gasteiger partial charge < -0.3 is 15.4 Å². The largest absolute Gasteiger partial charge is 0.373 e. The van der Waals surface area contributed by atoms with Gasteiger partial charge in [0.2, 0.25) is 0 Å². The third kappa shape index (κ3) is 3.10. The molecule has 2 rings (SSSR count). The maximum absolute atomic E-state index is 12.4. The van der Waals surface area contributed by atoms with Crippen molar-refractivity contribution in [2.75, 3.05) is 26.2 Å². The molecular formula is C13H17BrN2O2. The van der Waals surface area contributed by atoms with E-state index in [4.69, 9.17) is 10.5 Å². The van der Waals surface area contributed by atoms with Crippen LogP contribution >= 0.6 is 15.9 Å². The standard InChI is InChI=1S/C13H17BrN2O2/c1-9-4-10(6-11(14)5-9)13(17)16-2-3-18-12(7-15)8-16/h4-6,12H,2-3,7-8,15H2,1H3. The summed E-state index contributed by atoms with van der Waals surface area (Å²) in [6.45, 7) is 4.17.